The summed E-state index contributed by atoms with van der Waals surface area (Å²) >= 11 is 0. The number of piperidine rings is 1. The number of nitrogens with one attached hydrogen (secondary N) is 3. The van der Waals surface area contributed by atoms with E-state index in [1.54, 1.807) is 33.1 Å². The second-order valence-corrected chi connectivity index (χ2v) is 17.7. The summed E-state index contributed by atoms with van der Waals surface area (Å²) in [6.07, 6.45) is 4.58. The van der Waals surface area contributed by atoms with Gasteiger partial charge in [0, 0.05) is 55.0 Å². The molecule has 9 rings (SSSR count). The number of nitrogens with zero attached hydrogens (tertiary/aromatic N) is 6. The molecule has 0 radical (unpaired) electrons. The number of carbonyl (C=O) groups excluding carboxylic acids is 3. The number of H-pyrrole nitrogens is 1. The quantitative estimate of drug-likeness (QED) is 0.128. The maximum Gasteiger partial charge on any atom is 0.315 e. The summed E-state index contributed by atoms with van der Waals surface area (Å²) in [5.41, 5.74) is 6.07. The normalized spacial score (nSPS) is 20.4. The van der Waals surface area contributed by atoms with E-state index < -0.39 is 17.8 Å². The molecule has 0 bridgehead atoms. The van der Waals surface area contributed by atoms with E-state index in [4.69, 9.17) is 9.26 Å². The fourth-order valence-electron chi connectivity index (χ4n) is 9.16. The average Bonchev–Trinajstić information content (AvgIpc) is 3.88. The summed E-state index contributed by atoms with van der Waals surface area (Å²) in [5.74, 6) is -0.143. The van der Waals surface area contributed by atoms with Crippen LogP contribution in [0.2, 0.25) is 0 Å². The number of halogens is 1. The molecule has 3 fully saturated rings. The molecule has 6 aromatic rings. The molecule has 61 heavy (non-hydrogen) atoms. The number of hydrogen-bond acceptors (Lipinski definition) is 11. The Bertz CT molecular complexity index is 2670. The van der Waals surface area contributed by atoms with Crippen molar-refractivity contribution in [2.24, 2.45) is 0 Å². The number of ether oxygens (including phenoxy) is 1. The van der Waals surface area contributed by atoms with Crippen LogP contribution in [0.4, 0.5) is 10.1 Å². The number of carbonyl (C=O) groups is 3. The Labute approximate surface area is 352 Å². The van der Waals surface area contributed by atoms with E-state index in [1.807, 2.05) is 26.8 Å². The van der Waals surface area contributed by atoms with Gasteiger partial charge >= 0.3 is 11.8 Å². The van der Waals surface area contributed by atoms with Gasteiger partial charge in [-0.15, -0.1) is 0 Å². The van der Waals surface area contributed by atoms with Gasteiger partial charge in [-0.25, -0.2) is 14.4 Å². The number of amides is 3. The summed E-state index contributed by atoms with van der Waals surface area (Å²) in [5, 5.41) is 10.8. The Morgan fingerprint density at radius 2 is 1.75 bits per heavy atom. The Hall–Kier alpha value is -6.22. The molecule has 3 aromatic carbocycles. The molecule has 2 atom stereocenters. The predicted octanol–water partition coefficient (Wildman–Crippen LogP) is 6.99. The monoisotopic (exact) mass is 827 g/mol. The summed E-state index contributed by atoms with van der Waals surface area (Å²) in [4.78, 5) is 58.7. The molecule has 2 saturated heterocycles. The van der Waals surface area contributed by atoms with Crippen molar-refractivity contribution in [2.75, 3.05) is 38.2 Å². The molecule has 2 aliphatic heterocycles. The van der Waals surface area contributed by atoms with Crippen molar-refractivity contribution in [1.29, 1.82) is 0 Å². The number of methoxy groups -OCH3 is 1. The van der Waals surface area contributed by atoms with Crippen LogP contribution in [-0.2, 0) is 15.0 Å². The lowest BCUT2D eigenvalue weighted by molar-refractivity contribution is -0.134. The lowest BCUT2D eigenvalue weighted by atomic mass is 9.74. The number of benzene rings is 3. The Kier molecular flexibility index (Phi) is 10.3. The Balaban J connectivity index is 0.878. The topological polar surface area (TPSA) is 171 Å². The van der Waals surface area contributed by atoms with Crippen molar-refractivity contribution in [3.63, 3.8) is 0 Å². The molecule has 3 aromatic heterocycles. The first-order chi connectivity index (χ1) is 29.3. The Morgan fingerprint density at radius 1 is 1.02 bits per heavy atom. The third-order valence-corrected chi connectivity index (χ3v) is 12.8. The molecule has 0 spiro atoms. The summed E-state index contributed by atoms with van der Waals surface area (Å²) in [6, 6.07) is 16.0. The third-order valence-electron chi connectivity index (χ3n) is 12.8. The third kappa shape index (κ3) is 7.49. The number of fused-ring (bicyclic) bond motifs is 3. The standard InChI is InChI=1S/C46H50FN9O5/c1-24-30(25(2)50-43(59)44-53-45(54-61-44)46(3,4)5)11-12-32(39(24)47)40-38-33-21-36(60-6)35(22-34(33)51-41(38)49-23-48-40)56-17-15-55(16-18-56)29-19-28(20-29)26-7-9-27(10-8-26)31-13-14-37(57)52-42(31)58/h7-12,21-23,25,28-29,31H,13-20H2,1-6H3,(H,50,59)(H,48,49,51)(H,52,57,58)/t25-,28?,29?,31-/m1/s1. The van der Waals surface area contributed by atoms with Crippen LogP contribution in [0.1, 0.15) is 110 Å². The van der Waals surface area contributed by atoms with Crippen LogP contribution in [-0.4, -0.2) is 87.0 Å². The van der Waals surface area contributed by atoms with E-state index in [0.717, 1.165) is 61.2 Å². The molecule has 15 heteroatoms. The summed E-state index contributed by atoms with van der Waals surface area (Å²) < 4.78 is 27.6. The van der Waals surface area contributed by atoms with Crippen LogP contribution in [0.25, 0.3) is 33.2 Å². The van der Waals surface area contributed by atoms with E-state index in [9.17, 15) is 14.4 Å². The van der Waals surface area contributed by atoms with Crippen LogP contribution in [0.5, 0.6) is 5.75 Å². The number of imide groups is 1. The first kappa shape index (κ1) is 40.2. The van der Waals surface area contributed by atoms with Gasteiger partial charge in [0.2, 0.25) is 11.8 Å². The van der Waals surface area contributed by atoms with Gasteiger partial charge in [0.05, 0.1) is 41.4 Å². The van der Waals surface area contributed by atoms with Gasteiger partial charge in [-0.1, -0.05) is 56.3 Å². The van der Waals surface area contributed by atoms with Gasteiger partial charge in [-0.05, 0) is 79.5 Å². The largest absolute Gasteiger partial charge is 0.495 e. The molecule has 316 valence electrons. The van der Waals surface area contributed by atoms with Crippen molar-refractivity contribution < 1.29 is 28.0 Å². The van der Waals surface area contributed by atoms with Crippen LogP contribution in [0.15, 0.2) is 59.4 Å². The lowest BCUT2D eigenvalue weighted by Crippen LogP contribution is -2.53. The number of rotatable bonds is 9. The molecule has 5 heterocycles. The van der Waals surface area contributed by atoms with Gasteiger partial charge in [0.15, 0.2) is 5.82 Å². The van der Waals surface area contributed by atoms with Gasteiger partial charge in [-0.3, -0.25) is 24.6 Å². The molecule has 3 N–H and O–H groups in total. The first-order valence-corrected chi connectivity index (χ1v) is 21.0. The van der Waals surface area contributed by atoms with Crippen molar-refractivity contribution >= 4 is 45.3 Å². The number of anilines is 1. The maximum absolute atomic E-state index is 16.4. The van der Waals surface area contributed by atoms with Crippen LogP contribution >= 0.6 is 0 Å². The summed E-state index contributed by atoms with van der Waals surface area (Å²) in [7, 11) is 1.67. The SMILES string of the molecule is COc1cc2c(cc1N1CCN(C3CC(c4ccc([C@H]5CCC(=O)NC5=O)cc4)C3)CC1)[nH]c1ncnc(-c3ccc([C@@H](C)NC(=O)c4nc(C(C)(C)C)no4)c(C)c3F)c12. The van der Waals surface area contributed by atoms with E-state index in [0.29, 0.717) is 69.8 Å². The van der Waals surface area contributed by atoms with Gasteiger partial charge in [0.25, 0.3) is 0 Å². The number of aromatic nitrogens is 5. The Morgan fingerprint density at radius 3 is 2.44 bits per heavy atom. The van der Waals surface area contributed by atoms with E-state index in [2.05, 4.69) is 75.9 Å². The van der Waals surface area contributed by atoms with E-state index in [1.165, 1.54) is 11.9 Å². The zero-order valence-electron chi connectivity index (χ0n) is 35.3. The predicted molar refractivity (Wildman–Crippen MR) is 228 cm³/mol. The minimum absolute atomic E-state index is 0.146. The second-order valence-electron chi connectivity index (χ2n) is 17.7. The van der Waals surface area contributed by atoms with Crippen molar-refractivity contribution in [1.82, 2.24) is 40.6 Å². The van der Waals surface area contributed by atoms with Crippen molar-refractivity contribution in [3.8, 4) is 17.0 Å². The highest BCUT2D eigenvalue weighted by Gasteiger charge is 2.37. The molecular formula is C46H50FN9O5. The zero-order chi connectivity index (χ0) is 42.7. The second kappa shape index (κ2) is 15.7. The van der Waals surface area contributed by atoms with Crippen LogP contribution in [0, 0.1) is 12.7 Å². The van der Waals surface area contributed by atoms with Gasteiger partial charge in [0.1, 0.15) is 23.5 Å². The smallest absolute Gasteiger partial charge is 0.315 e. The highest BCUT2D eigenvalue weighted by molar-refractivity contribution is 6.13. The molecule has 0 unspecified atom stereocenters. The van der Waals surface area contributed by atoms with E-state index in [-0.39, 0.29) is 29.0 Å². The fraction of sp³-hybridized carbons (Fsp3) is 0.413. The van der Waals surface area contributed by atoms with Gasteiger partial charge < -0.3 is 24.5 Å². The number of aromatic amines is 1. The highest BCUT2D eigenvalue weighted by atomic mass is 19.1. The van der Waals surface area contributed by atoms with Crippen LogP contribution < -0.4 is 20.3 Å². The highest BCUT2D eigenvalue weighted by Crippen LogP contribution is 2.43. The molecular weight excluding hydrogens is 778 g/mol. The van der Waals surface area contributed by atoms with Gasteiger partial charge in [-0.2, -0.15) is 4.98 Å². The molecule has 1 saturated carbocycles. The number of piperazine rings is 1. The fourth-order valence-corrected chi connectivity index (χ4v) is 9.16. The molecule has 3 amide bonds. The average molecular weight is 828 g/mol. The molecule has 3 aliphatic rings. The van der Waals surface area contributed by atoms with Crippen LogP contribution in [0.3, 0.4) is 0 Å². The molecule has 14 nitrogen and oxygen atoms in total. The van der Waals surface area contributed by atoms with E-state index >= 15 is 4.39 Å². The minimum atomic E-state index is -0.548. The minimum Gasteiger partial charge on any atom is -0.495 e. The zero-order valence-corrected chi connectivity index (χ0v) is 35.3. The summed E-state index contributed by atoms with van der Waals surface area (Å²) in [6.45, 7) is 12.8. The number of hydrogen-bond donors (Lipinski definition) is 3. The lowest BCUT2D eigenvalue weighted by Gasteiger charge is -2.47. The maximum atomic E-state index is 16.4. The van der Waals surface area contributed by atoms with Crippen molar-refractivity contribution in [3.05, 3.63) is 94.6 Å². The first-order valence-electron chi connectivity index (χ1n) is 21.0. The molecule has 1 aliphatic carbocycles. The van der Waals surface area contributed by atoms with Crippen molar-refractivity contribution in [2.45, 2.75) is 89.6 Å².